The van der Waals surface area contributed by atoms with E-state index >= 15 is 0 Å². The molecular weight excluding hydrogens is 338 g/mol. The van der Waals surface area contributed by atoms with E-state index in [1.54, 1.807) is 31.3 Å². The number of guanidine groups is 1. The highest BCUT2D eigenvalue weighted by atomic mass is 32.2. The van der Waals surface area contributed by atoms with Gasteiger partial charge in [-0.1, -0.05) is 18.2 Å². The lowest BCUT2D eigenvalue weighted by Gasteiger charge is -2.23. The van der Waals surface area contributed by atoms with E-state index in [9.17, 15) is 8.42 Å². The SMILES string of the molecule is CN=C(NCCS(=O)(=O)c1ccccc1)N1CC2C3CCC(O3)C2C1. The summed E-state index contributed by atoms with van der Waals surface area (Å²) in [6.07, 6.45) is 3.19. The largest absolute Gasteiger partial charge is 0.374 e. The Morgan fingerprint density at radius 3 is 2.44 bits per heavy atom. The van der Waals surface area contributed by atoms with Crippen LogP contribution in [0.5, 0.6) is 0 Å². The molecule has 3 saturated heterocycles. The van der Waals surface area contributed by atoms with Crippen LogP contribution in [0.1, 0.15) is 12.8 Å². The molecule has 3 heterocycles. The Morgan fingerprint density at radius 2 is 1.84 bits per heavy atom. The molecule has 0 aliphatic carbocycles. The highest BCUT2D eigenvalue weighted by Gasteiger charge is 2.53. The maximum Gasteiger partial charge on any atom is 0.193 e. The number of ether oxygens (including phenoxy) is 1. The minimum absolute atomic E-state index is 0.0606. The monoisotopic (exact) mass is 363 g/mol. The Morgan fingerprint density at radius 1 is 1.20 bits per heavy atom. The van der Waals surface area contributed by atoms with Gasteiger partial charge in [-0.05, 0) is 25.0 Å². The van der Waals surface area contributed by atoms with Crippen LogP contribution < -0.4 is 5.32 Å². The van der Waals surface area contributed by atoms with E-state index in [0.717, 1.165) is 19.0 Å². The van der Waals surface area contributed by atoms with Gasteiger partial charge in [0.15, 0.2) is 15.8 Å². The first-order valence-corrected chi connectivity index (χ1v) is 10.6. The fourth-order valence-corrected chi connectivity index (χ4v) is 5.69. The molecule has 0 saturated carbocycles. The van der Waals surface area contributed by atoms with Crippen LogP contribution in [0.2, 0.25) is 0 Å². The van der Waals surface area contributed by atoms with Crippen molar-refractivity contribution < 1.29 is 13.2 Å². The Hall–Kier alpha value is -1.60. The average molecular weight is 363 g/mol. The molecule has 0 amide bonds. The summed E-state index contributed by atoms with van der Waals surface area (Å²) in [6.45, 7) is 2.27. The smallest absolute Gasteiger partial charge is 0.193 e. The summed E-state index contributed by atoms with van der Waals surface area (Å²) in [5.41, 5.74) is 0. The van der Waals surface area contributed by atoms with E-state index in [0.29, 0.717) is 35.5 Å². The van der Waals surface area contributed by atoms with Crippen LogP contribution in [0.4, 0.5) is 0 Å². The first-order chi connectivity index (χ1) is 12.1. The molecule has 3 aliphatic heterocycles. The van der Waals surface area contributed by atoms with Gasteiger partial charge in [0.2, 0.25) is 0 Å². The number of nitrogens with one attached hydrogen (secondary N) is 1. The zero-order chi connectivity index (χ0) is 17.4. The Bertz CT molecular complexity index is 732. The third kappa shape index (κ3) is 3.15. The van der Waals surface area contributed by atoms with Gasteiger partial charge in [0.05, 0.1) is 22.9 Å². The van der Waals surface area contributed by atoms with E-state index in [2.05, 4.69) is 15.2 Å². The predicted octanol–water partition coefficient (Wildman–Crippen LogP) is 1.14. The molecule has 4 unspecified atom stereocenters. The van der Waals surface area contributed by atoms with Gasteiger partial charge in [-0.2, -0.15) is 0 Å². The summed E-state index contributed by atoms with van der Waals surface area (Å²) >= 11 is 0. The molecular formula is C18H25N3O3S. The number of hydrogen-bond acceptors (Lipinski definition) is 4. The second-order valence-electron chi connectivity index (χ2n) is 7.13. The number of hydrogen-bond donors (Lipinski definition) is 1. The molecule has 6 nitrogen and oxygen atoms in total. The van der Waals surface area contributed by atoms with Crippen molar-refractivity contribution in [3.05, 3.63) is 30.3 Å². The lowest BCUT2D eigenvalue weighted by Crippen LogP contribution is -2.42. The first-order valence-electron chi connectivity index (χ1n) is 8.97. The summed E-state index contributed by atoms with van der Waals surface area (Å²) < 4.78 is 30.7. The number of sulfone groups is 1. The van der Waals surface area contributed by atoms with E-state index < -0.39 is 9.84 Å². The summed E-state index contributed by atoms with van der Waals surface area (Å²) in [5.74, 6) is 2.07. The third-order valence-corrected chi connectivity index (χ3v) is 7.45. The van der Waals surface area contributed by atoms with Crippen molar-refractivity contribution in [3.8, 4) is 0 Å². The molecule has 1 aromatic rings. The molecule has 7 heteroatoms. The molecule has 25 heavy (non-hydrogen) atoms. The third-order valence-electron chi connectivity index (χ3n) is 5.72. The summed E-state index contributed by atoms with van der Waals surface area (Å²) in [4.78, 5) is 6.99. The van der Waals surface area contributed by atoms with Crippen molar-refractivity contribution in [2.45, 2.75) is 29.9 Å². The molecule has 2 bridgehead atoms. The van der Waals surface area contributed by atoms with E-state index in [1.165, 1.54) is 12.8 Å². The molecule has 0 aromatic heterocycles. The van der Waals surface area contributed by atoms with Gasteiger partial charge >= 0.3 is 0 Å². The molecule has 4 atom stereocenters. The zero-order valence-corrected chi connectivity index (χ0v) is 15.3. The molecule has 0 radical (unpaired) electrons. The van der Waals surface area contributed by atoms with Gasteiger partial charge in [-0.15, -0.1) is 0 Å². The highest BCUT2D eigenvalue weighted by Crippen LogP contribution is 2.47. The van der Waals surface area contributed by atoms with Gasteiger partial charge in [0, 0.05) is 38.5 Å². The summed E-state index contributed by atoms with van der Waals surface area (Å²) in [7, 11) is -1.51. The van der Waals surface area contributed by atoms with E-state index in [1.807, 2.05) is 6.07 Å². The quantitative estimate of drug-likeness (QED) is 0.642. The number of rotatable bonds is 4. The summed E-state index contributed by atoms with van der Waals surface area (Å²) in [5, 5.41) is 3.23. The van der Waals surface area contributed by atoms with Gasteiger partial charge in [-0.3, -0.25) is 4.99 Å². The number of fused-ring (bicyclic) bond motifs is 5. The number of likely N-dealkylation sites (tertiary alicyclic amines) is 1. The molecule has 3 fully saturated rings. The van der Waals surface area contributed by atoms with Gasteiger partial charge in [0.25, 0.3) is 0 Å². The molecule has 136 valence electrons. The van der Waals surface area contributed by atoms with E-state index in [4.69, 9.17) is 4.74 Å². The highest BCUT2D eigenvalue weighted by molar-refractivity contribution is 7.91. The molecule has 1 N–H and O–H groups in total. The standard InChI is InChI=1S/C18H25N3O3S/c1-19-18(20-9-10-25(22,23)13-5-3-2-4-6-13)21-11-14-15(12-21)17-8-7-16(14)24-17/h2-6,14-17H,7-12H2,1H3,(H,19,20). The normalized spacial score (nSPS) is 31.4. The predicted molar refractivity (Wildman–Crippen MR) is 96.3 cm³/mol. The second-order valence-corrected chi connectivity index (χ2v) is 9.24. The van der Waals surface area contributed by atoms with Gasteiger partial charge < -0.3 is 15.0 Å². The van der Waals surface area contributed by atoms with Crippen molar-refractivity contribution in [2.24, 2.45) is 16.8 Å². The lowest BCUT2D eigenvalue weighted by atomic mass is 9.82. The fraction of sp³-hybridized carbons (Fsp3) is 0.611. The maximum atomic E-state index is 12.4. The fourth-order valence-electron chi connectivity index (χ4n) is 4.51. The lowest BCUT2D eigenvalue weighted by molar-refractivity contribution is 0.0767. The van der Waals surface area contributed by atoms with Gasteiger partial charge in [-0.25, -0.2) is 8.42 Å². The second kappa shape index (κ2) is 6.61. The van der Waals surface area contributed by atoms with Crippen molar-refractivity contribution in [1.82, 2.24) is 10.2 Å². The van der Waals surface area contributed by atoms with Crippen LogP contribution >= 0.6 is 0 Å². The molecule has 1 aromatic carbocycles. The van der Waals surface area contributed by atoms with Crippen LogP contribution in [0.15, 0.2) is 40.2 Å². The maximum absolute atomic E-state index is 12.4. The Balaban J connectivity index is 1.33. The van der Waals surface area contributed by atoms with Crippen LogP contribution in [0.25, 0.3) is 0 Å². The molecule has 3 aliphatic rings. The molecule has 4 rings (SSSR count). The minimum Gasteiger partial charge on any atom is -0.374 e. The van der Waals surface area contributed by atoms with Gasteiger partial charge in [0.1, 0.15) is 0 Å². The first kappa shape index (κ1) is 16.8. The van der Waals surface area contributed by atoms with Crippen LogP contribution in [0.3, 0.4) is 0 Å². The van der Waals surface area contributed by atoms with Crippen molar-refractivity contribution in [2.75, 3.05) is 32.4 Å². The summed E-state index contributed by atoms with van der Waals surface area (Å²) in [6, 6.07) is 8.60. The van der Waals surface area contributed by atoms with Crippen molar-refractivity contribution in [3.63, 3.8) is 0 Å². The number of nitrogens with zero attached hydrogens (tertiary/aromatic N) is 2. The van der Waals surface area contributed by atoms with Crippen LogP contribution in [0, 0.1) is 11.8 Å². The average Bonchev–Trinajstić information content (AvgIpc) is 3.32. The Labute approximate surface area is 149 Å². The van der Waals surface area contributed by atoms with E-state index in [-0.39, 0.29) is 5.75 Å². The number of benzene rings is 1. The Kier molecular flexibility index (Phi) is 4.45. The van der Waals surface area contributed by atoms with Crippen LogP contribution in [-0.2, 0) is 14.6 Å². The van der Waals surface area contributed by atoms with Crippen molar-refractivity contribution >= 4 is 15.8 Å². The van der Waals surface area contributed by atoms with Crippen LogP contribution in [-0.4, -0.2) is 63.9 Å². The topological polar surface area (TPSA) is 71.0 Å². The minimum atomic E-state index is -3.27. The number of aliphatic imine (C=N–C) groups is 1. The zero-order valence-electron chi connectivity index (χ0n) is 14.5. The van der Waals surface area contributed by atoms with Crippen molar-refractivity contribution in [1.29, 1.82) is 0 Å². The molecule has 0 spiro atoms.